The van der Waals surface area contributed by atoms with Crippen molar-refractivity contribution >= 4 is 21.0 Å². The molecule has 48 heavy (non-hydrogen) atoms. The topological polar surface area (TPSA) is 116 Å². The van der Waals surface area contributed by atoms with Gasteiger partial charge in [-0.15, -0.1) is 0 Å². The number of rotatable bonds is 16. The zero-order valence-electron chi connectivity index (χ0n) is 28.8. The van der Waals surface area contributed by atoms with Crippen molar-refractivity contribution in [2.45, 2.75) is 77.9 Å². The fraction of sp³-hybridized carbons (Fsp3) is 0.459. The van der Waals surface area contributed by atoms with Crippen molar-refractivity contribution in [1.29, 1.82) is 0 Å². The zero-order chi connectivity index (χ0) is 34.6. The van der Waals surface area contributed by atoms with E-state index in [1.807, 2.05) is 113 Å². The molecule has 1 saturated heterocycles. The van der Waals surface area contributed by atoms with Gasteiger partial charge in [-0.1, -0.05) is 90.0 Å². The van der Waals surface area contributed by atoms with Gasteiger partial charge in [0, 0.05) is 38.8 Å². The third-order valence-electron chi connectivity index (χ3n) is 8.46. The molecular formula is C37H50N2O8Si. The first-order valence-corrected chi connectivity index (χ1v) is 18.8. The number of carbonyl (C=O) groups is 2. The fourth-order valence-corrected chi connectivity index (χ4v) is 8.75. The van der Waals surface area contributed by atoms with E-state index >= 15 is 0 Å². The summed E-state index contributed by atoms with van der Waals surface area (Å²) in [6.45, 7) is 11.6. The number of carbonyl (C=O) groups excluding carboxylic acids is 2. The number of ether oxygens (including phenoxy) is 2. The van der Waals surface area contributed by atoms with Crippen LogP contribution in [0.2, 0.25) is 6.04 Å². The monoisotopic (exact) mass is 678 g/mol. The molecule has 2 atom stereocenters. The molecule has 0 spiro atoms. The number of hydrogen-bond acceptors (Lipinski definition) is 8. The van der Waals surface area contributed by atoms with Crippen molar-refractivity contribution in [3.63, 3.8) is 0 Å². The lowest BCUT2D eigenvalue weighted by Crippen LogP contribution is -2.50. The number of aliphatic hydroxyl groups is 1. The Kier molecular flexibility index (Phi) is 13.6. The van der Waals surface area contributed by atoms with Gasteiger partial charge in [0.25, 0.3) is 0 Å². The molecule has 3 aromatic rings. The SMILES string of the molecule is CCO[Si](CCCNC(=O)O[C@@H]1C[C@@H](C(O)(c2ccc(C)cc2)c2ccc(C)cc2)N(C(=O)OCc2ccccc2)C1)(OCC)OCC. The summed E-state index contributed by atoms with van der Waals surface area (Å²) in [5.74, 6) is 0. The molecule has 1 heterocycles. The maximum absolute atomic E-state index is 13.7. The third kappa shape index (κ3) is 9.45. The summed E-state index contributed by atoms with van der Waals surface area (Å²) in [5, 5.41) is 15.6. The first-order chi connectivity index (χ1) is 23.1. The van der Waals surface area contributed by atoms with E-state index in [4.69, 9.17) is 22.8 Å². The van der Waals surface area contributed by atoms with Crippen LogP contribution in [0, 0.1) is 13.8 Å². The molecule has 0 aromatic heterocycles. The van der Waals surface area contributed by atoms with Gasteiger partial charge in [-0.05, 0) is 57.7 Å². The fourth-order valence-electron chi connectivity index (χ4n) is 6.14. The van der Waals surface area contributed by atoms with Gasteiger partial charge in [0.2, 0.25) is 0 Å². The van der Waals surface area contributed by atoms with Crippen LogP contribution in [0.4, 0.5) is 9.59 Å². The Morgan fingerprint density at radius 2 is 1.40 bits per heavy atom. The largest absolute Gasteiger partial charge is 0.500 e. The zero-order valence-corrected chi connectivity index (χ0v) is 29.8. The van der Waals surface area contributed by atoms with Gasteiger partial charge in [-0.2, -0.15) is 0 Å². The van der Waals surface area contributed by atoms with E-state index in [0.717, 1.165) is 16.7 Å². The van der Waals surface area contributed by atoms with Crippen molar-refractivity contribution in [3.05, 3.63) is 107 Å². The van der Waals surface area contributed by atoms with Gasteiger partial charge < -0.3 is 33.2 Å². The molecule has 2 amide bonds. The minimum atomic E-state index is -2.84. The van der Waals surface area contributed by atoms with Gasteiger partial charge in [-0.3, -0.25) is 4.90 Å². The van der Waals surface area contributed by atoms with E-state index in [2.05, 4.69) is 5.32 Å². The van der Waals surface area contributed by atoms with Crippen LogP contribution < -0.4 is 5.32 Å². The average molecular weight is 679 g/mol. The summed E-state index contributed by atoms with van der Waals surface area (Å²) in [4.78, 5) is 28.3. The third-order valence-corrected chi connectivity index (χ3v) is 11.6. The molecule has 10 nitrogen and oxygen atoms in total. The molecule has 1 aliphatic heterocycles. The molecule has 4 rings (SSSR count). The number of aryl methyl sites for hydroxylation is 2. The summed E-state index contributed by atoms with van der Waals surface area (Å²) in [6.07, 6.45) is -1.12. The number of nitrogens with one attached hydrogen (secondary N) is 1. The van der Waals surface area contributed by atoms with Crippen molar-refractivity contribution in [3.8, 4) is 0 Å². The number of alkyl carbamates (subject to hydrolysis) is 1. The van der Waals surface area contributed by atoms with Crippen LogP contribution in [-0.2, 0) is 35.0 Å². The Labute approximate surface area is 285 Å². The molecule has 0 aliphatic carbocycles. The summed E-state index contributed by atoms with van der Waals surface area (Å²) >= 11 is 0. The molecule has 0 saturated carbocycles. The number of nitrogens with zero attached hydrogens (tertiary/aromatic N) is 1. The second-order valence-electron chi connectivity index (χ2n) is 12.0. The van der Waals surface area contributed by atoms with Crippen molar-refractivity contribution in [2.75, 3.05) is 32.9 Å². The smallest absolute Gasteiger partial charge is 0.445 e. The molecule has 0 bridgehead atoms. The van der Waals surface area contributed by atoms with E-state index < -0.39 is 38.7 Å². The van der Waals surface area contributed by atoms with E-state index in [0.29, 0.717) is 50.0 Å². The maximum Gasteiger partial charge on any atom is 0.500 e. The van der Waals surface area contributed by atoms with E-state index in [1.54, 1.807) is 0 Å². The quantitative estimate of drug-likeness (QED) is 0.131. The predicted octanol–water partition coefficient (Wildman–Crippen LogP) is 6.48. The van der Waals surface area contributed by atoms with Gasteiger partial charge in [0.1, 0.15) is 18.3 Å². The van der Waals surface area contributed by atoms with Crippen molar-refractivity contribution in [2.24, 2.45) is 0 Å². The molecule has 3 aromatic carbocycles. The first-order valence-electron chi connectivity index (χ1n) is 16.8. The molecule has 0 radical (unpaired) electrons. The molecule has 260 valence electrons. The summed E-state index contributed by atoms with van der Waals surface area (Å²) < 4.78 is 29.4. The van der Waals surface area contributed by atoms with E-state index in [9.17, 15) is 14.7 Å². The van der Waals surface area contributed by atoms with Crippen LogP contribution in [0.15, 0.2) is 78.9 Å². The van der Waals surface area contributed by atoms with Gasteiger partial charge in [0.15, 0.2) is 0 Å². The highest BCUT2D eigenvalue weighted by molar-refractivity contribution is 6.60. The van der Waals surface area contributed by atoms with Gasteiger partial charge in [0.05, 0.1) is 12.6 Å². The number of likely N-dealkylation sites (tertiary alicyclic amines) is 1. The van der Waals surface area contributed by atoms with Crippen molar-refractivity contribution in [1.82, 2.24) is 10.2 Å². The predicted molar refractivity (Wildman–Crippen MR) is 185 cm³/mol. The van der Waals surface area contributed by atoms with Crippen LogP contribution in [0.5, 0.6) is 0 Å². The minimum Gasteiger partial charge on any atom is -0.445 e. The van der Waals surface area contributed by atoms with E-state index in [1.165, 1.54) is 4.90 Å². The van der Waals surface area contributed by atoms with Crippen LogP contribution in [0.25, 0.3) is 0 Å². The Morgan fingerprint density at radius 3 is 1.92 bits per heavy atom. The highest BCUT2D eigenvalue weighted by Crippen LogP contribution is 2.41. The summed E-state index contributed by atoms with van der Waals surface area (Å²) in [6, 6.07) is 24.4. The van der Waals surface area contributed by atoms with Crippen LogP contribution >= 0.6 is 0 Å². The van der Waals surface area contributed by atoms with Crippen molar-refractivity contribution < 1.29 is 37.4 Å². The van der Waals surface area contributed by atoms with Gasteiger partial charge >= 0.3 is 21.0 Å². The lowest BCUT2D eigenvalue weighted by molar-refractivity contribution is -0.00705. The lowest BCUT2D eigenvalue weighted by Gasteiger charge is -2.39. The maximum atomic E-state index is 13.7. The Morgan fingerprint density at radius 1 is 0.854 bits per heavy atom. The average Bonchev–Trinajstić information content (AvgIpc) is 3.51. The van der Waals surface area contributed by atoms with Gasteiger partial charge in [-0.25, -0.2) is 9.59 Å². The number of benzene rings is 3. The second kappa shape index (κ2) is 17.6. The highest BCUT2D eigenvalue weighted by Gasteiger charge is 2.51. The molecule has 1 fully saturated rings. The molecule has 2 N–H and O–H groups in total. The van der Waals surface area contributed by atoms with Crippen LogP contribution in [-0.4, -0.2) is 76.1 Å². The molecule has 11 heteroatoms. The molecular weight excluding hydrogens is 628 g/mol. The number of amides is 2. The Bertz CT molecular complexity index is 1380. The normalized spacial score (nSPS) is 16.5. The number of hydrogen-bond donors (Lipinski definition) is 2. The molecule has 0 unspecified atom stereocenters. The standard InChI is InChI=1S/C37H50N2O8Si/c1-6-44-48(45-7-2,46-8-3)24-12-23-38-35(40)47-33-25-34(39(26-33)36(41)43-27-30-13-10-9-11-14-30)37(42,31-19-15-28(4)16-20-31)32-21-17-29(5)18-22-32/h9-11,13-22,33-34,42H,6-8,12,23-27H2,1-5H3,(H,38,40)/t33-,34+/m1/s1. The second-order valence-corrected chi connectivity index (χ2v) is 14.7. The Balaban J connectivity index is 1.53. The lowest BCUT2D eigenvalue weighted by atomic mass is 9.78. The molecule has 1 aliphatic rings. The highest BCUT2D eigenvalue weighted by atomic mass is 28.4. The van der Waals surface area contributed by atoms with E-state index in [-0.39, 0.29) is 19.6 Å². The first kappa shape index (κ1) is 37.1. The van der Waals surface area contributed by atoms with Crippen LogP contribution in [0.3, 0.4) is 0 Å². The summed E-state index contributed by atoms with van der Waals surface area (Å²) in [5.41, 5.74) is 2.55. The Hall–Kier alpha value is -3.74. The van der Waals surface area contributed by atoms with Crippen LogP contribution in [0.1, 0.15) is 61.4 Å². The minimum absolute atomic E-state index is 0.0563. The summed E-state index contributed by atoms with van der Waals surface area (Å²) in [7, 11) is -2.84.